The molecule has 1 aromatic heterocycles. The van der Waals surface area contributed by atoms with Crippen molar-refractivity contribution < 1.29 is 9.53 Å². The molecule has 2 rings (SSSR count). The number of nitrogens with zero attached hydrogens (tertiary/aromatic N) is 3. The van der Waals surface area contributed by atoms with Gasteiger partial charge in [0.15, 0.2) is 0 Å². The number of carbonyl (C=O) groups excluding carboxylic acids is 1. The molecule has 1 saturated heterocycles. The molecule has 1 aromatic rings. The van der Waals surface area contributed by atoms with Crippen LogP contribution in [-0.2, 0) is 16.1 Å². The Hall–Kier alpha value is -1.66. The molecule has 2 heterocycles. The first-order valence-corrected chi connectivity index (χ1v) is 7.34. The van der Waals surface area contributed by atoms with Gasteiger partial charge in [-0.2, -0.15) is 0 Å². The number of rotatable bonds is 5. The third-order valence-electron chi connectivity index (χ3n) is 3.69. The fourth-order valence-corrected chi connectivity index (χ4v) is 2.53. The zero-order valence-corrected chi connectivity index (χ0v) is 13.0. The van der Waals surface area contributed by atoms with Crippen molar-refractivity contribution in [2.75, 3.05) is 45.3 Å². The summed E-state index contributed by atoms with van der Waals surface area (Å²) in [6.07, 6.45) is 1.76. The Morgan fingerprint density at radius 3 is 3.10 bits per heavy atom. The Kier molecular flexibility index (Phi) is 5.52. The first-order chi connectivity index (χ1) is 10.1. The normalized spacial score (nSPS) is 19.3. The summed E-state index contributed by atoms with van der Waals surface area (Å²) in [6, 6.07) is 3.68. The van der Waals surface area contributed by atoms with Gasteiger partial charge in [-0.15, -0.1) is 0 Å². The molecule has 0 saturated carbocycles. The number of nitrogens with one attached hydrogen (secondary N) is 1. The average Bonchev–Trinajstić information content (AvgIpc) is 2.52. The molecular weight excluding hydrogens is 268 g/mol. The van der Waals surface area contributed by atoms with Gasteiger partial charge in [0.2, 0.25) is 5.91 Å². The molecule has 6 heteroatoms. The molecule has 1 N–H and O–H groups in total. The molecule has 1 aliphatic heterocycles. The molecular formula is C15H24N4O2. The van der Waals surface area contributed by atoms with E-state index in [1.54, 1.807) is 6.20 Å². The van der Waals surface area contributed by atoms with E-state index in [9.17, 15) is 4.79 Å². The van der Waals surface area contributed by atoms with Gasteiger partial charge in [0.25, 0.3) is 0 Å². The van der Waals surface area contributed by atoms with Crippen molar-refractivity contribution >= 4 is 11.7 Å². The summed E-state index contributed by atoms with van der Waals surface area (Å²) in [7, 11) is 3.89. The van der Waals surface area contributed by atoms with E-state index >= 15 is 0 Å². The number of amides is 1. The van der Waals surface area contributed by atoms with E-state index in [4.69, 9.17) is 4.74 Å². The van der Waals surface area contributed by atoms with Gasteiger partial charge in [0.1, 0.15) is 11.9 Å². The number of aromatic nitrogens is 1. The SMILES string of the molecule is CCN1CCOCC1C(=O)NCc1cccnc1N(C)C. The number of pyridine rings is 1. The topological polar surface area (TPSA) is 57.7 Å². The van der Waals surface area contributed by atoms with Gasteiger partial charge in [0, 0.05) is 38.9 Å². The highest BCUT2D eigenvalue weighted by atomic mass is 16.5. The largest absolute Gasteiger partial charge is 0.378 e. The van der Waals surface area contributed by atoms with Gasteiger partial charge in [-0.1, -0.05) is 13.0 Å². The lowest BCUT2D eigenvalue weighted by atomic mass is 10.2. The molecule has 21 heavy (non-hydrogen) atoms. The maximum Gasteiger partial charge on any atom is 0.240 e. The van der Waals surface area contributed by atoms with E-state index in [-0.39, 0.29) is 11.9 Å². The first kappa shape index (κ1) is 15.7. The molecule has 1 atom stereocenters. The van der Waals surface area contributed by atoms with Crippen molar-refractivity contribution in [2.45, 2.75) is 19.5 Å². The van der Waals surface area contributed by atoms with Crippen LogP contribution in [0.5, 0.6) is 0 Å². The van der Waals surface area contributed by atoms with Gasteiger partial charge in [-0.05, 0) is 12.6 Å². The van der Waals surface area contributed by atoms with Crippen molar-refractivity contribution in [3.05, 3.63) is 23.9 Å². The van der Waals surface area contributed by atoms with Gasteiger partial charge in [0.05, 0.1) is 13.2 Å². The molecule has 0 radical (unpaired) electrons. The minimum Gasteiger partial charge on any atom is -0.378 e. The molecule has 0 aromatic carbocycles. The van der Waals surface area contributed by atoms with Crippen molar-refractivity contribution in [2.24, 2.45) is 0 Å². The Labute approximate surface area is 126 Å². The second kappa shape index (κ2) is 7.38. The molecule has 0 spiro atoms. The van der Waals surface area contributed by atoms with Crippen LogP contribution < -0.4 is 10.2 Å². The van der Waals surface area contributed by atoms with Gasteiger partial charge in [-0.25, -0.2) is 4.98 Å². The zero-order chi connectivity index (χ0) is 15.2. The zero-order valence-electron chi connectivity index (χ0n) is 13.0. The summed E-state index contributed by atoms with van der Waals surface area (Å²) in [5.41, 5.74) is 1.01. The maximum absolute atomic E-state index is 12.4. The minimum absolute atomic E-state index is 0.0186. The van der Waals surface area contributed by atoms with E-state index in [1.807, 2.05) is 31.1 Å². The lowest BCUT2D eigenvalue weighted by Crippen LogP contribution is -2.53. The molecule has 1 unspecified atom stereocenters. The number of morpholine rings is 1. The summed E-state index contributed by atoms with van der Waals surface area (Å²) in [6.45, 7) is 5.38. The van der Waals surface area contributed by atoms with Gasteiger partial charge in [-0.3, -0.25) is 9.69 Å². The molecule has 1 fully saturated rings. The van der Waals surface area contributed by atoms with Crippen LogP contribution in [0.25, 0.3) is 0 Å². The van der Waals surface area contributed by atoms with E-state index in [0.717, 1.165) is 24.5 Å². The number of ether oxygens (including phenoxy) is 1. The fourth-order valence-electron chi connectivity index (χ4n) is 2.53. The number of carbonyl (C=O) groups is 1. The van der Waals surface area contributed by atoms with E-state index in [0.29, 0.717) is 19.8 Å². The average molecular weight is 292 g/mol. The van der Waals surface area contributed by atoms with E-state index in [2.05, 4.69) is 22.1 Å². The lowest BCUT2D eigenvalue weighted by molar-refractivity contribution is -0.132. The minimum atomic E-state index is -0.191. The smallest absolute Gasteiger partial charge is 0.240 e. The predicted molar refractivity (Wildman–Crippen MR) is 82.3 cm³/mol. The standard InChI is InChI=1S/C15H24N4O2/c1-4-19-8-9-21-11-13(19)15(20)17-10-12-6-5-7-16-14(12)18(2)3/h5-7,13H,4,8-11H2,1-3H3,(H,17,20). The Morgan fingerprint density at radius 2 is 2.38 bits per heavy atom. The third-order valence-corrected chi connectivity index (χ3v) is 3.69. The summed E-state index contributed by atoms with van der Waals surface area (Å²) in [5.74, 6) is 0.898. The second-order valence-electron chi connectivity index (χ2n) is 5.32. The maximum atomic E-state index is 12.4. The van der Waals surface area contributed by atoms with Crippen LogP contribution in [0.1, 0.15) is 12.5 Å². The summed E-state index contributed by atoms with van der Waals surface area (Å²) < 4.78 is 5.43. The van der Waals surface area contributed by atoms with Crippen molar-refractivity contribution in [1.82, 2.24) is 15.2 Å². The van der Waals surface area contributed by atoms with Crippen LogP contribution in [0.2, 0.25) is 0 Å². The molecule has 1 aliphatic rings. The Morgan fingerprint density at radius 1 is 1.57 bits per heavy atom. The highest BCUT2D eigenvalue weighted by Crippen LogP contribution is 2.14. The highest BCUT2D eigenvalue weighted by molar-refractivity contribution is 5.82. The molecule has 6 nitrogen and oxygen atoms in total. The molecule has 0 aliphatic carbocycles. The van der Waals surface area contributed by atoms with Crippen molar-refractivity contribution in [3.63, 3.8) is 0 Å². The van der Waals surface area contributed by atoms with E-state index < -0.39 is 0 Å². The van der Waals surface area contributed by atoms with Gasteiger partial charge >= 0.3 is 0 Å². The van der Waals surface area contributed by atoms with Crippen LogP contribution in [0.3, 0.4) is 0 Å². The van der Waals surface area contributed by atoms with Crippen LogP contribution in [0, 0.1) is 0 Å². The fraction of sp³-hybridized carbons (Fsp3) is 0.600. The summed E-state index contributed by atoms with van der Waals surface area (Å²) in [5, 5.41) is 3.00. The van der Waals surface area contributed by atoms with Crippen LogP contribution in [0.15, 0.2) is 18.3 Å². The molecule has 1 amide bonds. The second-order valence-corrected chi connectivity index (χ2v) is 5.32. The number of anilines is 1. The Bertz CT molecular complexity index is 478. The third kappa shape index (κ3) is 3.92. The highest BCUT2D eigenvalue weighted by Gasteiger charge is 2.28. The summed E-state index contributed by atoms with van der Waals surface area (Å²) >= 11 is 0. The van der Waals surface area contributed by atoms with Crippen molar-refractivity contribution in [1.29, 1.82) is 0 Å². The monoisotopic (exact) mass is 292 g/mol. The summed E-state index contributed by atoms with van der Waals surface area (Å²) in [4.78, 5) is 20.8. The van der Waals surface area contributed by atoms with Crippen LogP contribution >= 0.6 is 0 Å². The van der Waals surface area contributed by atoms with Crippen LogP contribution in [0.4, 0.5) is 5.82 Å². The Balaban J connectivity index is 1.97. The van der Waals surface area contributed by atoms with Crippen LogP contribution in [-0.4, -0.2) is 62.2 Å². The molecule has 116 valence electrons. The first-order valence-electron chi connectivity index (χ1n) is 7.34. The molecule has 0 bridgehead atoms. The van der Waals surface area contributed by atoms with Gasteiger partial charge < -0.3 is 15.0 Å². The number of likely N-dealkylation sites (N-methyl/N-ethyl adjacent to an activating group) is 1. The lowest BCUT2D eigenvalue weighted by Gasteiger charge is -2.33. The number of hydrogen-bond donors (Lipinski definition) is 1. The number of hydrogen-bond acceptors (Lipinski definition) is 5. The van der Waals surface area contributed by atoms with Crippen molar-refractivity contribution in [3.8, 4) is 0 Å². The van der Waals surface area contributed by atoms with E-state index in [1.165, 1.54) is 0 Å². The quantitative estimate of drug-likeness (QED) is 0.856. The predicted octanol–water partition coefficient (Wildman–Crippen LogP) is 0.485.